The highest BCUT2D eigenvalue weighted by molar-refractivity contribution is 7.80. The molecule has 0 spiro atoms. The van der Waals surface area contributed by atoms with Crippen LogP contribution in [0.4, 0.5) is 0 Å². The van der Waals surface area contributed by atoms with Gasteiger partial charge in [-0.2, -0.15) is 0 Å². The molecule has 0 aliphatic heterocycles. The van der Waals surface area contributed by atoms with Crippen LogP contribution in [0.5, 0.6) is 0 Å². The van der Waals surface area contributed by atoms with Gasteiger partial charge < -0.3 is 15.0 Å². The fourth-order valence-corrected chi connectivity index (χ4v) is 2.55. The van der Waals surface area contributed by atoms with Crippen molar-refractivity contribution in [2.45, 2.75) is 44.6 Å². The summed E-state index contributed by atoms with van der Waals surface area (Å²) in [5.74, 6) is -0.0733. The van der Waals surface area contributed by atoms with Crippen molar-refractivity contribution < 1.29 is 14.3 Å². The van der Waals surface area contributed by atoms with Gasteiger partial charge in [0.05, 0.1) is 7.11 Å². The minimum Gasteiger partial charge on any atom is -0.488 e. The number of hydrogen-bond acceptors (Lipinski definition) is 4. The molecule has 2 amide bonds. The van der Waals surface area contributed by atoms with Crippen LogP contribution in [0.25, 0.3) is 0 Å². The minimum atomic E-state index is -0.372. The number of carbonyl (C=O) groups is 2. The van der Waals surface area contributed by atoms with Crippen molar-refractivity contribution >= 4 is 29.1 Å². The van der Waals surface area contributed by atoms with Gasteiger partial charge in [-0.3, -0.25) is 9.59 Å². The third kappa shape index (κ3) is 15.7. The van der Waals surface area contributed by atoms with Crippen molar-refractivity contribution in [3.63, 3.8) is 0 Å². The number of nitrogens with zero attached hydrogens (tertiary/aromatic N) is 1. The van der Waals surface area contributed by atoms with E-state index in [4.69, 9.17) is 17.0 Å². The van der Waals surface area contributed by atoms with E-state index in [0.717, 1.165) is 24.8 Å². The maximum absolute atomic E-state index is 12.2. The lowest BCUT2D eigenvalue weighted by atomic mass is 10.1. The zero-order chi connectivity index (χ0) is 23.5. The van der Waals surface area contributed by atoms with Crippen LogP contribution < -0.4 is 5.32 Å². The third-order valence-electron chi connectivity index (χ3n) is 4.18. The lowest BCUT2D eigenvalue weighted by molar-refractivity contribution is -0.128. The van der Waals surface area contributed by atoms with Crippen molar-refractivity contribution in [3.05, 3.63) is 73.4 Å². The van der Waals surface area contributed by atoms with Gasteiger partial charge in [0.1, 0.15) is 6.04 Å². The first-order chi connectivity index (χ1) is 14.8. The molecule has 0 rings (SSSR count). The predicted molar refractivity (Wildman–Crippen MR) is 134 cm³/mol. The molecule has 0 aliphatic rings. The monoisotopic (exact) mass is 444 g/mol. The van der Waals surface area contributed by atoms with E-state index < -0.39 is 0 Å². The second-order valence-corrected chi connectivity index (χ2v) is 7.45. The molecule has 31 heavy (non-hydrogen) atoms. The molecular weight excluding hydrogens is 408 g/mol. The van der Waals surface area contributed by atoms with Gasteiger partial charge >= 0.3 is 0 Å². The Bertz CT molecular complexity index is 718. The zero-order valence-electron chi connectivity index (χ0n) is 19.0. The summed E-state index contributed by atoms with van der Waals surface area (Å²) in [5.41, 5.74) is 0.986. The highest BCUT2D eigenvalue weighted by atomic mass is 32.1. The summed E-state index contributed by atoms with van der Waals surface area (Å²) < 4.78 is 5.11. The van der Waals surface area contributed by atoms with Gasteiger partial charge in [0, 0.05) is 20.5 Å². The van der Waals surface area contributed by atoms with Gasteiger partial charge in [0.15, 0.2) is 5.05 Å². The van der Waals surface area contributed by atoms with Gasteiger partial charge in [-0.1, -0.05) is 67.3 Å². The maximum Gasteiger partial charge on any atom is 0.244 e. The van der Waals surface area contributed by atoms with Gasteiger partial charge in [0.2, 0.25) is 11.8 Å². The minimum absolute atomic E-state index is 0.143. The number of thiocarbonyl (C=S) groups is 1. The Morgan fingerprint density at radius 2 is 1.77 bits per heavy atom. The van der Waals surface area contributed by atoms with Crippen molar-refractivity contribution in [1.29, 1.82) is 0 Å². The van der Waals surface area contributed by atoms with Gasteiger partial charge in [-0.05, 0) is 50.4 Å². The van der Waals surface area contributed by atoms with Gasteiger partial charge in [0.25, 0.3) is 0 Å². The maximum atomic E-state index is 12.2. The van der Waals surface area contributed by atoms with Crippen LogP contribution in [0, 0.1) is 0 Å². The summed E-state index contributed by atoms with van der Waals surface area (Å²) in [6, 6.07) is -0.372. The number of hydrogen-bond donors (Lipinski definition) is 1. The molecule has 6 heteroatoms. The molecule has 0 heterocycles. The molecule has 0 aromatic rings. The van der Waals surface area contributed by atoms with E-state index >= 15 is 0 Å². The van der Waals surface area contributed by atoms with E-state index in [1.807, 2.05) is 42.5 Å². The number of unbranched alkanes of at least 4 members (excludes halogenated alkanes) is 1. The molecule has 0 aromatic carbocycles. The van der Waals surface area contributed by atoms with E-state index in [9.17, 15) is 9.59 Å². The Balaban J connectivity index is 4.30. The Kier molecular flexibility index (Phi) is 16.5. The first kappa shape index (κ1) is 28.3. The first-order valence-electron chi connectivity index (χ1n) is 10.3. The molecule has 0 saturated carbocycles. The van der Waals surface area contributed by atoms with Crippen molar-refractivity contribution in [2.75, 3.05) is 21.2 Å². The number of ether oxygens (including phenoxy) is 1. The Labute approximate surface area is 192 Å². The fraction of sp³-hybridized carbons (Fsp3) is 0.400. The molecule has 0 aliphatic carbocycles. The summed E-state index contributed by atoms with van der Waals surface area (Å²) in [6.45, 7) is 7.63. The molecule has 0 aromatic heterocycles. The number of amides is 2. The van der Waals surface area contributed by atoms with Crippen LogP contribution in [0.1, 0.15) is 38.5 Å². The second-order valence-electron chi connectivity index (χ2n) is 7.05. The number of carbonyl (C=O) groups excluding carboxylic acids is 2. The number of nitrogens with one attached hydrogen (secondary N) is 1. The van der Waals surface area contributed by atoms with Gasteiger partial charge in [-0.15, -0.1) is 0 Å². The van der Waals surface area contributed by atoms with E-state index in [1.165, 1.54) is 13.2 Å². The van der Waals surface area contributed by atoms with Crippen LogP contribution >= 0.6 is 12.2 Å². The Hall–Kier alpha value is -2.73. The standard InChI is InChI=1S/C25H36N2O3S/c1-6-7-8-9-12-18-22(25(31)30-5)26-23(28)19-15-14-17-21(2)16-11-10-13-20-24(29)27(3)4/h6-9,11-12,15-16,19,22H,1-2,10,13-14,17-18,20H2,3-5H3,(H,26,28)/b8-7-,12-9+,16-11-,19-15+. The Morgan fingerprint density at radius 1 is 1.06 bits per heavy atom. The predicted octanol–water partition coefficient (Wildman–Crippen LogP) is 4.84. The molecule has 0 fully saturated rings. The van der Waals surface area contributed by atoms with E-state index in [2.05, 4.69) is 18.5 Å². The van der Waals surface area contributed by atoms with Crippen LogP contribution in [0.2, 0.25) is 0 Å². The third-order valence-corrected chi connectivity index (χ3v) is 4.63. The highest BCUT2D eigenvalue weighted by Gasteiger charge is 2.15. The second kappa shape index (κ2) is 18.1. The van der Waals surface area contributed by atoms with Crippen LogP contribution in [-0.4, -0.2) is 49.0 Å². The van der Waals surface area contributed by atoms with Crippen LogP contribution in [-0.2, 0) is 14.3 Å². The van der Waals surface area contributed by atoms with E-state index in [0.29, 0.717) is 24.3 Å². The average Bonchev–Trinajstić information content (AvgIpc) is 2.74. The smallest absolute Gasteiger partial charge is 0.244 e. The first-order valence-corrected chi connectivity index (χ1v) is 10.8. The fourth-order valence-electron chi connectivity index (χ4n) is 2.40. The van der Waals surface area contributed by atoms with Crippen molar-refractivity contribution in [2.24, 2.45) is 0 Å². The van der Waals surface area contributed by atoms with Crippen molar-refractivity contribution in [1.82, 2.24) is 10.2 Å². The number of allylic oxidation sites excluding steroid dienone is 8. The quantitative estimate of drug-likeness (QED) is 0.170. The molecule has 0 radical (unpaired) electrons. The lowest BCUT2D eigenvalue weighted by Crippen LogP contribution is -2.39. The van der Waals surface area contributed by atoms with Crippen molar-refractivity contribution in [3.8, 4) is 0 Å². The number of methoxy groups -OCH3 is 1. The highest BCUT2D eigenvalue weighted by Crippen LogP contribution is 2.07. The SMILES string of the molecule is C=C/C=C\C=C\CC(NC(=O)/C=C/CCC(=C)/C=C\CCCC(=O)N(C)C)C(=S)OC. The number of rotatable bonds is 15. The summed E-state index contributed by atoms with van der Waals surface area (Å²) in [7, 11) is 5.03. The van der Waals surface area contributed by atoms with E-state index in [-0.39, 0.29) is 17.9 Å². The molecule has 170 valence electrons. The summed E-state index contributed by atoms with van der Waals surface area (Å²) in [6.07, 6.45) is 20.7. The molecular formula is C25H36N2O3S. The van der Waals surface area contributed by atoms with Crippen LogP contribution in [0.3, 0.4) is 0 Å². The summed E-state index contributed by atoms with van der Waals surface area (Å²) in [4.78, 5) is 25.3. The lowest BCUT2D eigenvalue weighted by Gasteiger charge is -2.16. The Morgan fingerprint density at radius 3 is 2.42 bits per heavy atom. The molecule has 5 nitrogen and oxygen atoms in total. The average molecular weight is 445 g/mol. The zero-order valence-corrected chi connectivity index (χ0v) is 19.8. The molecule has 0 saturated heterocycles. The molecule has 1 atom stereocenters. The van der Waals surface area contributed by atoms with Gasteiger partial charge in [-0.25, -0.2) is 0 Å². The van der Waals surface area contributed by atoms with E-state index in [1.54, 1.807) is 25.1 Å². The molecule has 1 unspecified atom stereocenters. The topological polar surface area (TPSA) is 58.6 Å². The largest absolute Gasteiger partial charge is 0.488 e. The summed E-state index contributed by atoms with van der Waals surface area (Å²) in [5, 5.41) is 3.20. The van der Waals surface area contributed by atoms with Crippen LogP contribution in [0.15, 0.2) is 73.4 Å². The summed E-state index contributed by atoms with van der Waals surface area (Å²) >= 11 is 5.18. The normalized spacial score (nSPS) is 12.5. The molecule has 1 N–H and O–H groups in total. The molecule has 0 bridgehead atoms.